The first kappa shape index (κ1) is 12.5. The monoisotopic (exact) mass is 240 g/mol. The van der Waals surface area contributed by atoms with Crippen LogP contribution in [-0.2, 0) is 10.1 Å². The summed E-state index contributed by atoms with van der Waals surface area (Å²) >= 11 is 0. The van der Waals surface area contributed by atoms with Crippen LogP contribution in [0.1, 0.15) is 6.42 Å². The summed E-state index contributed by atoms with van der Waals surface area (Å²) in [7, 11) is -4.18. The summed E-state index contributed by atoms with van der Waals surface area (Å²) in [6.45, 7) is 3.58. The molecule has 0 radical (unpaired) electrons. The molecule has 0 aromatic heterocycles. The van der Waals surface area contributed by atoms with E-state index in [2.05, 4.69) is 6.58 Å². The van der Waals surface area contributed by atoms with E-state index in [4.69, 9.17) is 4.55 Å². The van der Waals surface area contributed by atoms with Crippen molar-refractivity contribution < 1.29 is 18.1 Å². The highest BCUT2D eigenvalue weighted by Crippen LogP contribution is 2.14. The lowest BCUT2D eigenvalue weighted by atomic mass is 10.2. The van der Waals surface area contributed by atoms with Crippen molar-refractivity contribution in [2.75, 3.05) is 0 Å². The maximum absolute atomic E-state index is 10.9. The standard InChI is InChI=1S/C11H12O4S/c1-9-5-4-7-10(16(13,14)15)6-2-3-8-11(9)12/h2-5,7-8,12H,1,6H2,(H,13,14,15)/b3-2-,5-4-,10-7+,11-8?. The number of allylic oxidation sites excluding steroid dienone is 7. The average molecular weight is 240 g/mol. The third kappa shape index (κ3) is 3.52. The molecule has 0 aromatic rings. The molecule has 0 aromatic carbocycles. The van der Waals surface area contributed by atoms with Gasteiger partial charge in [0.2, 0.25) is 0 Å². The van der Waals surface area contributed by atoms with Gasteiger partial charge in [-0.15, -0.1) is 0 Å². The maximum atomic E-state index is 10.9. The molecular weight excluding hydrogens is 228 g/mol. The van der Waals surface area contributed by atoms with Crippen molar-refractivity contribution in [3.05, 3.63) is 59.3 Å². The summed E-state index contributed by atoms with van der Waals surface area (Å²) in [6.07, 6.45) is 8.62. The average Bonchev–Trinajstić information content (AvgIpc) is 2.18. The van der Waals surface area contributed by atoms with E-state index in [0.29, 0.717) is 5.57 Å². The van der Waals surface area contributed by atoms with E-state index in [-0.39, 0.29) is 17.1 Å². The van der Waals surface area contributed by atoms with Crippen LogP contribution in [-0.4, -0.2) is 18.1 Å². The van der Waals surface area contributed by atoms with E-state index < -0.39 is 10.1 Å². The Morgan fingerprint density at radius 3 is 2.56 bits per heavy atom. The molecule has 5 heteroatoms. The fourth-order valence-corrected chi connectivity index (χ4v) is 1.62. The Kier molecular flexibility index (Phi) is 3.87. The molecule has 0 saturated carbocycles. The predicted octanol–water partition coefficient (Wildman–Crippen LogP) is 2.27. The number of rotatable bonds is 1. The lowest BCUT2D eigenvalue weighted by Gasteiger charge is -2.01. The Labute approximate surface area is 94.4 Å². The number of hydrogen-bond acceptors (Lipinski definition) is 3. The van der Waals surface area contributed by atoms with Crippen LogP contribution in [0.4, 0.5) is 0 Å². The predicted molar refractivity (Wildman–Crippen MR) is 62.4 cm³/mol. The summed E-state index contributed by atoms with van der Waals surface area (Å²) in [6, 6.07) is 0. The fourth-order valence-electron chi connectivity index (χ4n) is 1.07. The molecule has 0 unspecified atom stereocenters. The van der Waals surface area contributed by atoms with Crippen molar-refractivity contribution in [2.24, 2.45) is 0 Å². The molecule has 1 aliphatic rings. The van der Waals surface area contributed by atoms with Gasteiger partial charge in [0.25, 0.3) is 10.1 Å². The molecule has 0 amide bonds. The minimum absolute atomic E-state index is 0.0104. The van der Waals surface area contributed by atoms with E-state index in [1.165, 1.54) is 36.5 Å². The number of aliphatic hydroxyl groups excluding tert-OH is 1. The summed E-state index contributed by atoms with van der Waals surface area (Å²) in [5.41, 5.74) is 0.359. The molecule has 16 heavy (non-hydrogen) atoms. The Morgan fingerprint density at radius 2 is 1.94 bits per heavy atom. The second kappa shape index (κ2) is 4.96. The van der Waals surface area contributed by atoms with Crippen LogP contribution in [0.2, 0.25) is 0 Å². The Morgan fingerprint density at radius 1 is 1.25 bits per heavy atom. The van der Waals surface area contributed by atoms with Crippen molar-refractivity contribution in [1.29, 1.82) is 0 Å². The highest BCUT2D eigenvalue weighted by atomic mass is 32.2. The molecule has 4 nitrogen and oxygen atoms in total. The van der Waals surface area contributed by atoms with Gasteiger partial charge in [-0.2, -0.15) is 8.42 Å². The van der Waals surface area contributed by atoms with Gasteiger partial charge in [0.1, 0.15) is 5.76 Å². The first-order valence-electron chi connectivity index (χ1n) is 4.51. The minimum Gasteiger partial charge on any atom is -0.507 e. The molecule has 0 fully saturated rings. The molecule has 1 rings (SSSR count). The normalized spacial score (nSPS) is 25.2. The molecule has 0 aliphatic heterocycles. The van der Waals surface area contributed by atoms with Crippen LogP contribution in [0, 0.1) is 0 Å². The molecule has 0 spiro atoms. The second-order valence-corrected chi connectivity index (χ2v) is 4.65. The molecule has 2 N–H and O–H groups in total. The first-order chi connectivity index (χ1) is 7.41. The highest BCUT2D eigenvalue weighted by molar-refractivity contribution is 7.89. The third-order valence-electron chi connectivity index (χ3n) is 1.95. The van der Waals surface area contributed by atoms with Crippen LogP contribution >= 0.6 is 0 Å². The Balaban J connectivity index is 3.10. The van der Waals surface area contributed by atoms with E-state index >= 15 is 0 Å². The summed E-state index contributed by atoms with van der Waals surface area (Å²) in [5.74, 6) is 0.0104. The third-order valence-corrected chi connectivity index (χ3v) is 2.91. The molecule has 86 valence electrons. The van der Waals surface area contributed by atoms with Gasteiger partial charge in [-0.1, -0.05) is 30.9 Å². The zero-order valence-corrected chi connectivity index (χ0v) is 9.31. The van der Waals surface area contributed by atoms with Gasteiger partial charge in [-0.3, -0.25) is 4.55 Å². The van der Waals surface area contributed by atoms with Gasteiger partial charge >= 0.3 is 0 Å². The van der Waals surface area contributed by atoms with Gasteiger partial charge in [-0.25, -0.2) is 0 Å². The van der Waals surface area contributed by atoms with Crippen LogP contribution < -0.4 is 0 Å². The lowest BCUT2D eigenvalue weighted by Crippen LogP contribution is -2.00. The van der Waals surface area contributed by atoms with E-state index in [1.54, 1.807) is 0 Å². The quantitative estimate of drug-likeness (QED) is 0.689. The molecule has 0 saturated heterocycles. The van der Waals surface area contributed by atoms with Crippen molar-refractivity contribution in [2.45, 2.75) is 6.42 Å². The largest absolute Gasteiger partial charge is 0.507 e. The summed E-state index contributed by atoms with van der Waals surface area (Å²) in [4.78, 5) is -0.109. The SMILES string of the molecule is C=C1/C=C\C=C(\S(=O)(=O)O)C/C=C\C=C1O. The molecule has 1 aliphatic carbocycles. The van der Waals surface area contributed by atoms with Crippen LogP contribution in [0.3, 0.4) is 0 Å². The van der Waals surface area contributed by atoms with Crippen LogP contribution in [0.25, 0.3) is 0 Å². The van der Waals surface area contributed by atoms with Gasteiger partial charge in [0.05, 0.1) is 4.91 Å². The fraction of sp³-hybridized carbons (Fsp3) is 0.0909. The topological polar surface area (TPSA) is 74.6 Å². The van der Waals surface area contributed by atoms with E-state index in [9.17, 15) is 13.5 Å². The van der Waals surface area contributed by atoms with Crippen molar-refractivity contribution in [3.63, 3.8) is 0 Å². The molecule has 0 heterocycles. The van der Waals surface area contributed by atoms with Gasteiger partial charge in [0.15, 0.2) is 0 Å². The first-order valence-corrected chi connectivity index (χ1v) is 5.95. The zero-order valence-electron chi connectivity index (χ0n) is 8.50. The van der Waals surface area contributed by atoms with Gasteiger partial charge in [-0.05, 0) is 12.2 Å². The van der Waals surface area contributed by atoms with Crippen molar-refractivity contribution in [3.8, 4) is 0 Å². The van der Waals surface area contributed by atoms with Crippen molar-refractivity contribution in [1.82, 2.24) is 0 Å². The maximum Gasteiger partial charge on any atom is 0.290 e. The minimum atomic E-state index is -4.18. The van der Waals surface area contributed by atoms with Crippen LogP contribution in [0.15, 0.2) is 59.3 Å². The number of aliphatic hydroxyl groups is 1. The number of hydrogen-bond donors (Lipinski definition) is 2. The zero-order chi connectivity index (χ0) is 12.2. The van der Waals surface area contributed by atoms with Crippen LogP contribution in [0.5, 0.6) is 0 Å². The Bertz CT molecular complexity index is 504. The van der Waals surface area contributed by atoms with Crippen molar-refractivity contribution >= 4 is 10.1 Å². The van der Waals surface area contributed by atoms with Gasteiger partial charge in [0, 0.05) is 12.0 Å². The Hall–Kier alpha value is -1.59. The highest BCUT2D eigenvalue weighted by Gasteiger charge is 2.11. The summed E-state index contributed by atoms with van der Waals surface area (Å²) in [5, 5.41) is 9.40. The van der Waals surface area contributed by atoms with Gasteiger partial charge < -0.3 is 5.11 Å². The molecular formula is C11H12O4S. The van der Waals surface area contributed by atoms with E-state index in [0.717, 1.165) is 0 Å². The molecule has 0 atom stereocenters. The smallest absolute Gasteiger partial charge is 0.290 e. The van der Waals surface area contributed by atoms with E-state index in [1.807, 2.05) is 0 Å². The second-order valence-electron chi connectivity index (χ2n) is 3.18. The molecule has 0 bridgehead atoms. The lowest BCUT2D eigenvalue weighted by molar-refractivity contribution is 0.427. The summed E-state index contributed by atoms with van der Waals surface area (Å²) < 4.78 is 30.7.